The summed E-state index contributed by atoms with van der Waals surface area (Å²) in [6.45, 7) is 0.943. The average Bonchev–Trinajstić information content (AvgIpc) is 2.67. The van der Waals surface area contributed by atoms with E-state index in [0.29, 0.717) is 19.6 Å². The summed E-state index contributed by atoms with van der Waals surface area (Å²) in [6, 6.07) is 18.5. The molecule has 5 heteroatoms. The fourth-order valence-corrected chi connectivity index (χ4v) is 2.89. The van der Waals surface area contributed by atoms with Crippen molar-refractivity contribution in [2.45, 2.75) is 18.9 Å². The molecule has 130 valence electrons. The van der Waals surface area contributed by atoms with Crippen LogP contribution in [0.15, 0.2) is 59.8 Å². The van der Waals surface area contributed by atoms with Crippen LogP contribution < -0.4 is 5.32 Å². The summed E-state index contributed by atoms with van der Waals surface area (Å²) in [5, 5.41) is 16.2. The Kier molecular flexibility index (Phi) is 5.80. The molecule has 1 aliphatic rings. The third kappa shape index (κ3) is 4.90. The van der Waals surface area contributed by atoms with Crippen molar-refractivity contribution in [3.63, 3.8) is 0 Å². The van der Waals surface area contributed by atoms with Crippen LogP contribution in [-0.4, -0.2) is 36.5 Å². The molecule has 0 aliphatic carbocycles. The molecule has 0 aromatic heterocycles. The van der Waals surface area contributed by atoms with Gasteiger partial charge in [0.1, 0.15) is 6.61 Å². The van der Waals surface area contributed by atoms with Crippen molar-refractivity contribution in [2.24, 2.45) is 11.1 Å². The van der Waals surface area contributed by atoms with Gasteiger partial charge in [-0.25, -0.2) is 0 Å². The van der Waals surface area contributed by atoms with E-state index in [4.69, 9.17) is 9.94 Å². The summed E-state index contributed by atoms with van der Waals surface area (Å²) in [6.07, 6.45) is 3.16. The Morgan fingerprint density at radius 3 is 2.48 bits per heavy atom. The van der Waals surface area contributed by atoms with E-state index in [0.717, 1.165) is 17.5 Å². The van der Waals surface area contributed by atoms with E-state index in [1.54, 1.807) is 6.21 Å². The summed E-state index contributed by atoms with van der Waals surface area (Å²) < 4.78 is 0. The highest BCUT2D eigenvalue weighted by molar-refractivity contribution is 5.80. The van der Waals surface area contributed by atoms with Gasteiger partial charge < -0.3 is 15.3 Å². The Labute approximate surface area is 147 Å². The van der Waals surface area contributed by atoms with Crippen molar-refractivity contribution < 1.29 is 14.7 Å². The molecular formula is C20H22N2O3. The predicted octanol–water partition coefficient (Wildman–Crippen LogP) is 3.16. The molecule has 0 radical (unpaired) electrons. The second-order valence-corrected chi connectivity index (χ2v) is 6.24. The van der Waals surface area contributed by atoms with Crippen molar-refractivity contribution in [1.29, 1.82) is 0 Å². The van der Waals surface area contributed by atoms with Gasteiger partial charge in [-0.2, -0.15) is 0 Å². The fraction of sp³-hybridized carbons (Fsp3) is 0.300. The number of hydrogen-bond acceptors (Lipinski definition) is 4. The van der Waals surface area contributed by atoms with Gasteiger partial charge in [0, 0.05) is 12.6 Å². The Morgan fingerprint density at radius 2 is 1.84 bits per heavy atom. The number of carboxylic acids is 1. The van der Waals surface area contributed by atoms with Crippen LogP contribution in [0.3, 0.4) is 0 Å². The summed E-state index contributed by atoms with van der Waals surface area (Å²) in [7, 11) is 0. The van der Waals surface area contributed by atoms with E-state index >= 15 is 0 Å². The highest BCUT2D eigenvalue weighted by Gasteiger charge is 2.25. The fourth-order valence-electron chi connectivity index (χ4n) is 2.89. The maximum absolute atomic E-state index is 10.9. The third-order valence-corrected chi connectivity index (χ3v) is 4.44. The summed E-state index contributed by atoms with van der Waals surface area (Å²) in [5.74, 6) is -1.02. The van der Waals surface area contributed by atoms with Crippen LogP contribution in [0, 0.1) is 5.92 Å². The van der Waals surface area contributed by atoms with Gasteiger partial charge in [-0.05, 0) is 29.5 Å². The molecule has 0 saturated carbocycles. The van der Waals surface area contributed by atoms with Gasteiger partial charge in [0.05, 0.1) is 12.1 Å². The smallest absolute Gasteiger partial charge is 0.307 e. The van der Waals surface area contributed by atoms with Crippen molar-refractivity contribution in [3.05, 3.63) is 60.2 Å². The molecule has 2 atom stereocenters. The number of oxime groups is 1. The average molecular weight is 338 g/mol. The number of piperidine rings is 1. The van der Waals surface area contributed by atoms with Crippen LogP contribution in [-0.2, 0) is 9.63 Å². The van der Waals surface area contributed by atoms with Crippen LogP contribution in [0.4, 0.5) is 0 Å². The lowest BCUT2D eigenvalue weighted by molar-refractivity contribution is -0.142. The van der Waals surface area contributed by atoms with Gasteiger partial charge in [-0.15, -0.1) is 0 Å². The minimum absolute atomic E-state index is 0.160. The maximum atomic E-state index is 10.9. The molecule has 1 heterocycles. The molecule has 2 aromatic rings. The number of aliphatic carboxylic acids is 1. The van der Waals surface area contributed by atoms with E-state index in [-0.39, 0.29) is 12.0 Å². The molecule has 3 rings (SSSR count). The van der Waals surface area contributed by atoms with Gasteiger partial charge in [-0.1, -0.05) is 59.8 Å². The number of nitrogens with one attached hydrogen (secondary N) is 1. The molecule has 0 bridgehead atoms. The van der Waals surface area contributed by atoms with Crippen LogP contribution in [0.1, 0.15) is 18.4 Å². The van der Waals surface area contributed by atoms with Gasteiger partial charge >= 0.3 is 5.97 Å². The normalized spacial score (nSPS) is 20.5. The van der Waals surface area contributed by atoms with E-state index in [9.17, 15) is 4.79 Å². The SMILES string of the molecule is O=C(O)[C@@H]1CC[C@@H](CO/N=C/c2ccc(-c3ccccc3)cc2)NC1. The molecule has 0 amide bonds. The Morgan fingerprint density at radius 1 is 1.12 bits per heavy atom. The van der Waals surface area contributed by atoms with Crippen LogP contribution in [0.5, 0.6) is 0 Å². The molecule has 2 aromatic carbocycles. The lowest BCUT2D eigenvalue weighted by atomic mass is 9.95. The number of carboxylic acid groups (broad SMARTS) is 1. The molecule has 1 fully saturated rings. The molecular weight excluding hydrogens is 316 g/mol. The molecule has 0 unspecified atom stereocenters. The van der Waals surface area contributed by atoms with Crippen molar-refractivity contribution in [1.82, 2.24) is 5.32 Å². The maximum Gasteiger partial charge on any atom is 0.307 e. The second kappa shape index (κ2) is 8.44. The Bertz CT molecular complexity index is 705. The molecule has 5 nitrogen and oxygen atoms in total. The number of nitrogens with zero attached hydrogens (tertiary/aromatic N) is 1. The summed E-state index contributed by atoms with van der Waals surface area (Å²) in [4.78, 5) is 16.2. The topological polar surface area (TPSA) is 70.9 Å². The standard InChI is InChI=1S/C20H22N2O3/c23-20(24)18-10-11-19(21-13-18)14-25-22-12-15-6-8-17(9-7-15)16-4-2-1-3-5-16/h1-9,12,18-19,21H,10-11,13-14H2,(H,23,24)/b22-12+/t18-,19+/m1/s1. The summed E-state index contributed by atoms with van der Waals surface area (Å²) in [5.41, 5.74) is 3.32. The highest BCUT2D eigenvalue weighted by atomic mass is 16.6. The van der Waals surface area contributed by atoms with Gasteiger partial charge in [0.15, 0.2) is 0 Å². The Balaban J connectivity index is 1.44. The molecule has 0 spiro atoms. The monoisotopic (exact) mass is 338 g/mol. The first kappa shape index (κ1) is 17.2. The number of hydrogen-bond donors (Lipinski definition) is 2. The first-order valence-electron chi connectivity index (χ1n) is 8.49. The lowest BCUT2D eigenvalue weighted by Crippen LogP contribution is -2.43. The molecule has 2 N–H and O–H groups in total. The lowest BCUT2D eigenvalue weighted by Gasteiger charge is -2.26. The van der Waals surface area contributed by atoms with Crippen molar-refractivity contribution >= 4 is 12.2 Å². The minimum atomic E-state index is -0.733. The molecule has 1 saturated heterocycles. The summed E-state index contributed by atoms with van der Waals surface area (Å²) >= 11 is 0. The zero-order chi connectivity index (χ0) is 17.5. The number of benzene rings is 2. The van der Waals surface area contributed by atoms with Crippen LogP contribution >= 0.6 is 0 Å². The largest absolute Gasteiger partial charge is 0.481 e. The van der Waals surface area contributed by atoms with Crippen LogP contribution in [0.2, 0.25) is 0 Å². The van der Waals surface area contributed by atoms with E-state index < -0.39 is 5.97 Å². The van der Waals surface area contributed by atoms with Gasteiger partial charge in [0.2, 0.25) is 0 Å². The van der Waals surface area contributed by atoms with E-state index in [1.807, 2.05) is 30.3 Å². The number of rotatable bonds is 6. The van der Waals surface area contributed by atoms with Gasteiger partial charge in [0.25, 0.3) is 0 Å². The zero-order valence-corrected chi connectivity index (χ0v) is 14.0. The van der Waals surface area contributed by atoms with E-state index in [1.165, 1.54) is 5.56 Å². The third-order valence-electron chi connectivity index (χ3n) is 4.44. The molecule has 1 aliphatic heterocycles. The predicted molar refractivity (Wildman–Crippen MR) is 97.6 cm³/mol. The van der Waals surface area contributed by atoms with Crippen molar-refractivity contribution in [2.75, 3.05) is 13.2 Å². The second-order valence-electron chi connectivity index (χ2n) is 6.24. The van der Waals surface area contributed by atoms with Crippen molar-refractivity contribution in [3.8, 4) is 11.1 Å². The first-order valence-corrected chi connectivity index (χ1v) is 8.49. The minimum Gasteiger partial charge on any atom is -0.481 e. The molecule has 25 heavy (non-hydrogen) atoms. The quantitative estimate of drug-likeness (QED) is 0.627. The highest BCUT2D eigenvalue weighted by Crippen LogP contribution is 2.19. The van der Waals surface area contributed by atoms with Gasteiger partial charge in [-0.3, -0.25) is 4.79 Å². The first-order chi connectivity index (χ1) is 12.2. The van der Waals surface area contributed by atoms with Crippen LogP contribution in [0.25, 0.3) is 11.1 Å². The zero-order valence-electron chi connectivity index (χ0n) is 14.0. The number of carbonyl (C=O) groups is 1. The van der Waals surface area contributed by atoms with E-state index in [2.05, 4.69) is 34.7 Å². The Hall–Kier alpha value is -2.66.